The van der Waals surface area contributed by atoms with E-state index in [9.17, 15) is 4.79 Å². The summed E-state index contributed by atoms with van der Waals surface area (Å²) >= 11 is 0. The lowest BCUT2D eigenvalue weighted by Crippen LogP contribution is -2.19. The first-order valence-corrected chi connectivity index (χ1v) is 3.47. The highest BCUT2D eigenvalue weighted by Gasteiger charge is 2.33. The zero-order chi connectivity index (χ0) is 7.78. The molecule has 0 N–H and O–H groups in total. The van der Waals surface area contributed by atoms with Crippen LogP contribution in [0.15, 0.2) is 12.8 Å². The van der Waals surface area contributed by atoms with Crippen LogP contribution in [0.5, 0.6) is 0 Å². The molecule has 1 saturated heterocycles. The fourth-order valence-corrected chi connectivity index (χ4v) is 1.28. The standard InChI is InChI=1S/C8H13NO/c1-4-9-6-8(2,3)5-7(9)10/h4H,1,5-6H2,2-3H3. The van der Waals surface area contributed by atoms with Gasteiger partial charge in [-0.1, -0.05) is 20.4 Å². The fraction of sp³-hybridized carbons (Fsp3) is 0.625. The van der Waals surface area contributed by atoms with E-state index < -0.39 is 0 Å². The van der Waals surface area contributed by atoms with Crippen LogP contribution in [0, 0.1) is 5.41 Å². The summed E-state index contributed by atoms with van der Waals surface area (Å²) < 4.78 is 0. The van der Waals surface area contributed by atoms with Gasteiger partial charge in [0, 0.05) is 13.0 Å². The summed E-state index contributed by atoms with van der Waals surface area (Å²) in [6, 6.07) is 0. The molecule has 10 heavy (non-hydrogen) atoms. The average molecular weight is 139 g/mol. The van der Waals surface area contributed by atoms with Gasteiger partial charge in [-0.05, 0) is 11.6 Å². The molecule has 2 heteroatoms. The molecule has 0 aromatic carbocycles. The van der Waals surface area contributed by atoms with E-state index >= 15 is 0 Å². The minimum absolute atomic E-state index is 0.144. The highest BCUT2D eigenvalue weighted by atomic mass is 16.2. The van der Waals surface area contributed by atoms with Crippen LogP contribution in [-0.4, -0.2) is 17.4 Å². The van der Waals surface area contributed by atoms with E-state index in [1.54, 1.807) is 11.1 Å². The Kier molecular flexibility index (Phi) is 1.55. The molecule has 0 unspecified atom stereocenters. The second-order valence-corrected chi connectivity index (χ2v) is 3.55. The molecule has 0 spiro atoms. The first kappa shape index (κ1) is 7.32. The van der Waals surface area contributed by atoms with Gasteiger partial charge in [-0.3, -0.25) is 4.79 Å². The lowest BCUT2D eigenvalue weighted by atomic mass is 9.93. The predicted molar refractivity (Wildman–Crippen MR) is 40.3 cm³/mol. The number of likely N-dealkylation sites (tertiary alicyclic amines) is 1. The Morgan fingerprint density at radius 2 is 2.30 bits per heavy atom. The summed E-state index contributed by atoms with van der Waals surface area (Å²) in [5.41, 5.74) is 0.144. The van der Waals surface area contributed by atoms with Crippen LogP contribution in [0.2, 0.25) is 0 Å². The highest BCUT2D eigenvalue weighted by Crippen LogP contribution is 2.29. The van der Waals surface area contributed by atoms with Crippen LogP contribution in [0.1, 0.15) is 20.3 Å². The quantitative estimate of drug-likeness (QED) is 0.537. The zero-order valence-electron chi connectivity index (χ0n) is 6.55. The van der Waals surface area contributed by atoms with Gasteiger partial charge < -0.3 is 4.90 Å². The van der Waals surface area contributed by atoms with Crippen molar-refractivity contribution in [2.45, 2.75) is 20.3 Å². The van der Waals surface area contributed by atoms with Crippen LogP contribution < -0.4 is 0 Å². The van der Waals surface area contributed by atoms with E-state index in [4.69, 9.17) is 0 Å². The molecule has 0 radical (unpaired) electrons. The maximum atomic E-state index is 11.1. The first-order valence-electron chi connectivity index (χ1n) is 3.47. The second kappa shape index (κ2) is 2.11. The lowest BCUT2D eigenvalue weighted by Gasteiger charge is -2.15. The molecular formula is C8H13NO. The van der Waals surface area contributed by atoms with Crippen molar-refractivity contribution in [3.63, 3.8) is 0 Å². The van der Waals surface area contributed by atoms with Gasteiger partial charge in [-0.25, -0.2) is 0 Å². The number of amides is 1. The molecule has 2 nitrogen and oxygen atoms in total. The van der Waals surface area contributed by atoms with E-state index in [0.29, 0.717) is 6.42 Å². The Labute approximate surface area is 61.5 Å². The van der Waals surface area contributed by atoms with Gasteiger partial charge in [0.2, 0.25) is 5.91 Å². The molecule has 0 aliphatic carbocycles. The maximum Gasteiger partial charge on any atom is 0.227 e. The van der Waals surface area contributed by atoms with E-state index in [2.05, 4.69) is 20.4 Å². The molecule has 1 aliphatic rings. The summed E-state index contributed by atoms with van der Waals surface area (Å²) in [5.74, 6) is 0.194. The Morgan fingerprint density at radius 1 is 1.70 bits per heavy atom. The van der Waals surface area contributed by atoms with Gasteiger partial charge in [-0.15, -0.1) is 0 Å². The molecule has 1 aliphatic heterocycles. The molecule has 1 heterocycles. The maximum absolute atomic E-state index is 11.1. The summed E-state index contributed by atoms with van der Waals surface area (Å²) in [5, 5.41) is 0. The van der Waals surface area contributed by atoms with Crippen LogP contribution in [0.25, 0.3) is 0 Å². The monoisotopic (exact) mass is 139 g/mol. The minimum Gasteiger partial charge on any atom is -0.319 e. The number of hydrogen-bond donors (Lipinski definition) is 0. The largest absolute Gasteiger partial charge is 0.319 e. The van der Waals surface area contributed by atoms with E-state index in [1.165, 1.54) is 0 Å². The number of hydrogen-bond acceptors (Lipinski definition) is 1. The van der Waals surface area contributed by atoms with Crippen molar-refractivity contribution >= 4 is 5.91 Å². The SMILES string of the molecule is C=CN1CC(C)(C)CC1=O. The average Bonchev–Trinajstić information content (AvgIpc) is 2.05. The Hall–Kier alpha value is -0.790. The van der Waals surface area contributed by atoms with Gasteiger partial charge in [0.15, 0.2) is 0 Å². The number of rotatable bonds is 1. The third-order valence-corrected chi connectivity index (χ3v) is 1.77. The number of nitrogens with zero attached hydrogens (tertiary/aromatic N) is 1. The molecule has 0 aromatic rings. The third-order valence-electron chi connectivity index (χ3n) is 1.77. The highest BCUT2D eigenvalue weighted by molar-refractivity contribution is 5.80. The van der Waals surface area contributed by atoms with E-state index in [-0.39, 0.29) is 11.3 Å². The topological polar surface area (TPSA) is 20.3 Å². The van der Waals surface area contributed by atoms with Crippen molar-refractivity contribution in [2.75, 3.05) is 6.54 Å². The Bertz CT molecular complexity index is 172. The normalized spacial score (nSPS) is 23.4. The molecule has 0 aromatic heterocycles. The second-order valence-electron chi connectivity index (χ2n) is 3.55. The van der Waals surface area contributed by atoms with Crippen LogP contribution >= 0.6 is 0 Å². The minimum atomic E-state index is 0.144. The molecule has 1 amide bonds. The molecule has 0 saturated carbocycles. The number of carbonyl (C=O) groups excluding carboxylic acids is 1. The smallest absolute Gasteiger partial charge is 0.227 e. The van der Waals surface area contributed by atoms with E-state index in [0.717, 1.165) is 6.54 Å². The van der Waals surface area contributed by atoms with Gasteiger partial charge in [0.25, 0.3) is 0 Å². The van der Waals surface area contributed by atoms with Crippen LogP contribution in [-0.2, 0) is 4.79 Å². The molecular weight excluding hydrogens is 126 g/mol. The summed E-state index contributed by atoms with van der Waals surface area (Å²) in [6.45, 7) is 8.56. The molecule has 1 fully saturated rings. The van der Waals surface area contributed by atoms with Crippen molar-refractivity contribution in [1.82, 2.24) is 4.90 Å². The summed E-state index contributed by atoms with van der Waals surface area (Å²) in [6.07, 6.45) is 2.26. The van der Waals surface area contributed by atoms with Crippen molar-refractivity contribution in [1.29, 1.82) is 0 Å². The Balaban J connectivity index is 2.70. The predicted octanol–water partition coefficient (Wildman–Crippen LogP) is 1.39. The Morgan fingerprint density at radius 3 is 2.50 bits per heavy atom. The summed E-state index contributed by atoms with van der Waals surface area (Å²) in [7, 11) is 0. The molecule has 0 bridgehead atoms. The van der Waals surface area contributed by atoms with Gasteiger partial charge in [0.1, 0.15) is 0 Å². The van der Waals surface area contributed by atoms with Gasteiger partial charge >= 0.3 is 0 Å². The van der Waals surface area contributed by atoms with Crippen molar-refractivity contribution in [3.05, 3.63) is 12.8 Å². The van der Waals surface area contributed by atoms with Crippen molar-refractivity contribution in [2.24, 2.45) is 5.41 Å². The first-order chi connectivity index (χ1) is 4.55. The van der Waals surface area contributed by atoms with Gasteiger partial charge in [-0.2, -0.15) is 0 Å². The van der Waals surface area contributed by atoms with Crippen LogP contribution in [0.3, 0.4) is 0 Å². The third kappa shape index (κ3) is 1.20. The molecule has 0 atom stereocenters. The van der Waals surface area contributed by atoms with Crippen LogP contribution in [0.4, 0.5) is 0 Å². The lowest BCUT2D eigenvalue weighted by molar-refractivity contribution is -0.125. The van der Waals surface area contributed by atoms with E-state index in [1.807, 2.05) is 0 Å². The fourth-order valence-electron chi connectivity index (χ4n) is 1.28. The summed E-state index contributed by atoms with van der Waals surface area (Å²) in [4.78, 5) is 12.8. The zero-order valence-corrected chi connectivity index (χ0v) is 6.55. The van der Waals surface area contributed by atoms with Gasteiger partial charge in [0.05, 0.1) is 0 Å². The van der Waals surface area contributed by atoms with Crippen molar-refractivity contribution < 1.29 is 4.79 Å². The molecule has 56 valence electrons. The number of carbonyl (C=O) groups is 1. The molecule has 1 rings (SSSR count). The van der Waals surface area contributed by atoms with Crippen molar-refractivity contribution in [3.8, 4) is 0 Å².